The zero-order valence-corrected chi connectivity index (χ0v) is 14.2. The zero-order chi connectivity index (χ0) is 15.7. The molecule has 0 aliphatic carbocycles. The summed E-state index contributed by atoms with van der Waals surface area (Å²) in [5, 5.41) is -0.812. The van der Waals surface area contributed by atoms with Crippen LogP contribution in [0.15, 0.2) is 0 Å². The van der Waals surface area contributed by atoms with E-state index in [9.17, 15) is 16.8 Å². The number of likely N-dealkylation sites (N-methyl/N-ethyl adjacent to an activating group) is 2. The third-order valence-electron chi connectivity index (χ3n) is 4.01. The van der Waals surface area contributed by atoms with Gasteiger partial charge in [-0.05, 0) is 14.1 Å². The Labute approximate surface area is 127 Å². The third-order valence-corrected chi connectivity index (χ3v) is 8.70. The van der Waals surface area contributed by atoms with Gasteiger partial charge in [-0.25, -0.2) is 16.8 Å². The van der Waals surface area contributed by atoms with E-state index in [-0.39, 0.29) is 0 Å². The van der Waals surface area contributed by atoms with Gasteiger partial charge in [0.25, 0.3) is 0 Å². The molecule has 0 atom stereocenters. The maximum atomic E-state index is 12.3. The summed E-state index contributed by atoms with van der Waals surface area (Å²) in [7, 11) is -3.68. The van der Waals surface area contributed by atoms with Crippen molar-refractivity contribution in [2.75, 3.05) is 71.5 Å². The molecule has 0 saturated carbocycles. The molecule has 21 heavy (non-hydrogen) atoms. The van der Waals surface area contributed by atoms with Crippen LogP contribution >= 0.6 is 0 Å². The molecule has 2 aliphatic heterocycles. The van der Waals surface area contributed by atoms with E-state index in [0.29, 0.717) is 52.4 Å². The number of nitrogens with zero attached hydrogens (tertiary/aromatic N) is 4. The van der Waals surface area contributed by atoms with Gasteiger partial charge in [0.05, 0.1) is 0 Å². The lowest BCUT2D eigenvalue weighted by molar-refractivity contribution is 0.220. The van der Waals surface area contributed by atoms with Crippen LogP contribution in [0.2, 0.25) is 0 Å². The fraction of sp³-hybridized carbons (Fsp3) is 1.00. The number of hydrogen-bond donors (Lipinski definition) is 0. The van der Waals surface area contributed by atoms with Crippen molar-refractivity contribution in [3.05, 3.63) is 0 Å². The molecule has 2 heterocycles. The van der Waals surface area contributed by atoms with Crippen molar-refractivity contribution in [3.63, 3.8) is 0 Å². The van der Waals surface area contributed by atoms with Gasteiger partial charge < -0.3 is 9.80 Å². The Hall–Kier alpha value is -0.260. The van der Waals surface area contributed by atoms with Crippen molar-refractivity contribution in [3.8, 4) is 0 Å². The van der Waals surface area contributed by atoms with Crippen molar-refractivity contribution in [2.24, 2.45) is 0 Å². The molecule has 0 unspecified atom stereocenters. The van der Waals surface area contributed by atoms with E-state index in [1.165, 1.54) is 8.61 Å². The van der Waals surface area contributed by atoms with Crippen molar-refractivity contribution in [1.29, 1.82) is 0 Å². The van der Waals surface area contributed by atoms with Gasteiger partial charge in [0.2, 0.25) is 20.0 Å². The van der Waals surface area contributed by atoms with Crippen LogP contribution in [0.4, 0.5) is 0 Å². The first-order valence-electron chi connectivity index (χ1n) is 7.03. The quantitative estimate of drug-likeness (QED) is 0.595. The van der Waals surface area contributed by atoms with Crippen molar-refractivity contribution >= 4 is 20.0 Å². The molecule has 0 N–H and O–H groups in total. The Morgan fingerprint density at radius 3 is 1.19 bits per heavy atom. The Morgan fingerprint density at radius 1 is 0.619 bits per heavy atom. The minimum atomic E-state index is -3.76. The second-order valence-electron chi connectivity index (χ2n) is 5.75. The van der Waals surface area contributed by atoms with Gasteiger partial charge >= 0.3 is 0 Å². The Balaban J connectivity index is 2.01. The second kappa shape index (κ2) is 6.47. The van der Waals surface area contributed by atoms with E-state index in [1.807, 2.05) is 23.9 Å². The molecule has 0 bridgehead atoms. The highest BCUT2D eigenvalue weighted by atomic mass is 32.3. The lowest BCUT2D eigenvalue weighted by Gasteiger charge is -2.34. The zero-order valence-electron chi connectivity index (χ0n) is 12.6. The maximum absolute atomic E-state index is 12.3. The van der Waals surface area contributed by atoms with Crippen LogP contribution in [0.1, 0.15) is 0 Å². The largest absolute Gasteiger partial charge is 0.304 e. The normalized spacial score (nSPS) is 25.2. The summed E-state index contributed by atoms with van der Waals surface area (Å²) >= 11 is 0. The molecular formula is C11H24N4O4S2. The van der Waals surface area contributed by atoms with Gasteiger partial charge in [0, 0.05) is 52.4 Å². The molecule has 0 spiro atoms. The monoisotopic (exact) mass is 340 g/mol. The molecule has 8 nitrogen and oxygen atoms in total. The van der Waals surface area contributed by atoms with Crippen LogP contribution in [0, 0.1) is 0 Å². The standard InChI is InChI=1S/C11H24N4O4S2/c1-12-3-7-14(8-4-12)20(16,17)11-21(18,19)15-9-5-13(2)6-10-15/h3-11H2,1-2H3. The summed E-state index contributed by atoms with van der Waals surface area (Å²) in [5.74, 6) is 0. The van der Waals surface area contributed by atoms with Crippen molar-refractivity contribution in [1.82, 2.24) is 18.4 Å². The van der Waals surface area contributed by atoms with Crippen LogP contribution in [0.5, 0.6) is 0 Å². The molecule has 0 aromatic carbocycles. The molecule has 0 amide bonds. The van der Waals surface area contributed by atoms with E-state index in [0.717, 1.165) is 0 Å². The lowest BCUT2D eigenvalue weighted by atomic mass is 10.4. The van der Waals surface area contributed by atoms with E-state index in [4.69, 9.17) is 0 Å². The minimum Gasteiger partial charge on any atom is -0.304 e. The SMILES string of the molecule is CN1CCN(S(=O)(=O)CS(=O)(=O)N2CCN(C)CC2)CC1. The topological polar surface area (TPSA) is 81.2 Å². The van der Waals surface area contributed by atoms with Crippen LogP contribution in [-0.4, -0.2) is 107 Å². The van der Waals surface area contributed by atoms with Gasteiger partial charge in [-0.2, -0.15) is 8.61 Å². The van der Waals surface area contributed by atoms with E-state index >= 15 is 0 Å². The Kier molecular flexibility index (Phi) is 5.27. The minimum absolute atomic E-state index is 0.358. The molecule has 0 radical (unpaired) electrons. The second-order valence-corrected chi connectivity index (χ2v) is 10.0. The highest BCUT2D eigenvalue weighted by Crippen LogP contribution is 2.13. The van der Waals surface area contributed by atoms with Gasteiger partial charge in [-0.1, -0.05) is 0 Å². The van der Waals surface area contributed by atoms with E-state index < -0.39 is 25.1 Å². The molecule has 124 valence electrons. The lowest BCUT2D eigenvalue weighted by Crippen LogP contribution is -2.52. The average molecular weight is 340 g/mol. The fourth-order valence-corrected chi connectivity index (χ4v) is 6.61. The molecular weight excluding hydrogens is 316 g/mol. The molecule has 2 saturated heterocycles. The Morgan fingerprint density at radius 2 is 0.905 bits per heavy atom. The summed E-state index contributed by atoms with van der Waals surface area (Å²) in [6.07, 6.45) is 0. The third kappa shape index (κ3) is 4.36. The molecule has 2 rings (SSSR count). The first-order valence-corrected chi connectivity index (χ1v) is 10.3. The number of sulfonamides is 2. The number of piperazine rings is 2. The summed E-state index contributed by atoms with van der Waals surface area (Å²) in [4.78, 5) is 4.06. The number of hydrogen-bond acceptors (Lipinski definition) is 6. The van der Waals surface area contributed by atoms with Crippen LogP contribution in [-0.2, 0) is 20.0 Å². The van der Waals surface area contributed by atoms with E-state index in [1.54, 1.807) is 0 Å². The fourth-order valence-electron chi connectivity index (χ4n) is 2.47. The van der Waals surface area contributed by atoms with Crippen molar-refractivity contribution < 1.29 is 16.8 Å². The highest BCUT2D eigenvalue weighted by Gasteiger charge is 2.35. The molecule has 10 heteroatoms. The van der Waals surface area contributed by atoms with Crippen molar-refractivity contribution in [2.45, 2.75) is 0 Å². The summed E-state index contributed by atoms with van der Waals surface area (Å²) in [6.45, 7) is 3.96. The summed E-state index contributed by atoms with van der Waals surface area (Å²) in [5.41, 5.74) is 0. The van der Waals surface area contributed by atoms with Crippen LogP contribution in [0.3, 0.4) is 0 Å². The van der Waals surface area contributed by atoms with Gasteiger partial charge in [-0.3, -0.25) is 0 Å². The smallest absolute Gasteiger partial charge is 0.230 e. The summed E-state index contributed by atoms with van der Waals surface area (Å²) in [6, 6.07) is 0. The van der Waals surface area contributed by atoms with Crippen LogP contribution in [0.25, 0.3) is 0 Å². The predicted molar refractivity (Wildman–Crippen MR) is 80.8 cm³/mol. The average Bonchev–Trinajstić information content (AvgIpc) is 2.38. The number of rotatable bonds is 4. The van der Waals surface area contributed by atoms with Crippen LogP contribution < -0.4 is 0 Å². The van der Waals surface area contributed by atoms with Gasteiger partial charge in [-0.15, -0.1) is 0 Å². The molecule has 2 aliphatic rings. The van der Waals surface area contributed by atoms with E-state index in [2.05, 4.69) is 0 Å². The molecule has 0 aromatic heterocycles. The van der Waals surface area contributed by atoms with Gasteiger partial charge in [0.1, 0.15) is 0 Å². The highest BCUT2D eigenvalue weighted by molar-refractivity contribution is 8.05. The molecule has 2 fully saturated rings. The first kappa shape index (κ1) is 17.1. The maximum Gasteiger partial charge on any atom is 0.230 e. The predicted octanol–water partition coefficient (Wildman–Crippen LogP) is -1.90. The molecule has 0 aromatic rings. The summed E-state index contributed by atoms with van der Waals surface area (Å²) < 4.78 is 51.8. The Bertz CT molecular complexity index is 497. The van der Waals surface area contributed by atoms with Gasteiger partial charge in [0.15, 0.2) is 5.08 Å². The first-order chi connectivity index (χ1) is 9.71.